The summed E-state index contributed by atoms with van der Waals surface area (Å²) in [7, 11) is 0. The van der Waals surface area contributed by atoms with Gasteiger partial charge in [0.15, 0.2) is 0 Å². The molecule has 0 radical (unpaired) electrons. The summed E-state index contributed by atoms with van der Waals surface area (Å²) in [5, 5.41) is 18.1. The number of rotatable bonds is 4. The maximum absolute atomic E-state index is 11.1. The largest absolute Gasteiger partial charge is 0.478 e. The molecule has 0 bridgehead atoms. The van der Waals surface area contributed by atoms with E-state index in [2.05, 4.69) is 0 Å². The van der Waals surface area contributed by atoms with E-state index in [4.69, 9.17) is 10.2 Å². The number of hydrogen-bond acceptors (Lipinski definition) is 2. The van der Waals surface area contributed by atoms with Gasteiger partial charge in [0, 0.05) is 0 Å². The van der Waals surface area contributed by atoms with Gasteiger partial charge >= 0.3 is 11.9 Å². The molecule has 0 spiro atoms. The summed E-state index contributed by atoms with van der Waals surface area (Å²) in [6, 6.07) is 2.95. The molecule has 17 heavy (non-hydrogen) atoms. The van der Waals surface area contributed by atoms with Gasteiger partial charge in [0.05, 0.1) is 11.1 Å². The van der Waals surface area contributed by atoms with Crippen LogP contribution in [0.5, 0.6) is 0 Å². The van der Waals surface area contributed by atoms with Gasteiger partial charge in [0.25, 0.3) is 0 Å². The smallest absolute Gasteiger partial charge is 0.335 e. The van der Waals surface area contributed by atoms with Crippen LogP contribution in [-0.2, 0) is 6.42 Å². The fourth-order valence-electron chi connectivity index (χ4n) is 1.82. The van der Waals surface area contributed by atoms with E-state index in [0.717, 1.165) is 0 Å². The van der Waals surface area contributed by atoms with Crippen molar-refractivity contribution in [2.45, 2.75) is 33.1 Å². The average Bonchev–Trinajstić information content (AvgIpc) is 2.26. The van der Waals surface area contributed by atoms with E-state index in [-0.39, 0.29) is 17.0 Å². The monoisotopic (exact) mass is 236 g/mol. The first kappa shape index (κ1) is 13.2. The van der Waals surface area contributed by atoms with Crippen molar-refractivity contribution in [1.29, 1.82) is 0 Å². The van der Waals surface area contributed by atoms with Crippen LogP contribution in [0.3, 0.4) is 0 Å². The molecule has 0 amide bonds. The van der Waals surface area contributed by atoms with Gasteiger partial charge in [-0.3, -0.25) is 0 Å². The zero-order chi connectivity index (χ0) is 13.2. The standard InChI is InChI=1S/C13H16O4/c1-4-8-5-9(7(2)3)11(13(16)17)6-10(8)12(14)15/h5-7H,4H2,1-3H3,(H,14,15)(H,16,17). The Bertz CT molecular complexity index is 461. The lowest BCUT2D eigenvalue weighted by Crippen LogP contribution is -2.10. The molecule has 4 heteroatoms. The van der Waals surface area contributed by atoms with Crippen molar-refractivity contribution in [3.63, 3.8) is 0 Å². The molecular formula is C13H16O4. The molecule has 0 heterocycles. The van der Waals surface area contributed by atoms with Crippen LogP contribution in [-0.4, -0.2) is 22.2 Å². The molecule has 1 aromatic carbocycles. The zero-order valence-corrected chi connectivity index (χ0v) is 10.2. The van der Waals surface area contributed by atoms with Gasteiger partial charge in [-0.1, -0.05) is 26.8 Å². The third kappa shape index (κ3) is 2.64. The summed E-state index contributed by atoms with van der Waals surface area (Å²) in [4.78, 5) is 22.2. The Kier molecular flexibility index (Phi) is 3.89. The molecule has 0 saturated heterocycles. The number of benzene rings is 1. The summed E-state index contributed by atoms with van der Waals surface area (Å²) in [6.45, 7) is 5.63. The Labute approximate surface area is 99.9 Å². The van der Waals surface area contributed by atoms with Gasteiger partial charge < -0.3 is 10.2 Å². The summed E-state index contributed by atoms with van der Waals surface area (Å²) in [5.74, 6) is -2.12. The number of carboxylic acids is 2. The van der Waals surface area contributed by atoms with Crippen LogP contribution in [0.1, 0.15) is 58.5 Å². The minimum atomic E-state index is -1.08. The highest BCUT2D eigenvalue weighted by Crippen LogP contribution is 2.24. The first-order valence-electron chi connectivity index (χ1n) is 5.51. The average molecular weight is 236 g/mol. The van der Waals surface area contributed by atoms with E-state index in [1.165, 1.54) is 6.07 Å². The molecule has 1 aromatic rings. The number of aromatic carboxylic acids is 2. The molecule has 0 fully saturated rings. The fraction of sp³-hybridized carbons (Fsp3) is 0.385. The SMILES string of the molecule is CCc1cc(C(C)C)c(C(=O)O)cc1C(=O)O. The molecule has 92 valence electrons. The van der Waals surface area contributed by atoms with Gasteiger partial charge in [0.2, 0.25) is 0 Å². The minimum Gasteiger partial charge on any atom is -0.478 e. The van der Waals surface area contributed by atoms with Crippen LogP contribution in [0.15, 0.2) is 12.1 Å². The van der Waals surface area contributed by atoms with Gasteiger partial charge in [-0.05, 0) is 29.5 Å². The predicted molar refractivity (Wildman–Crippen MR) is 63.8 cm³/mol. The second kappa shape index (κ2) is 4.99. The van der Waals surface area contributed by atoms with Crippen molar-refractivity contribution < 1.29 is 19.8 Å². The molecule has 4 nitrogen and oxygen atoms in total. The van der Waals surface area contributed by atoms with Gasteiger partial charge in [-0.15, -0.1) is 0 Å². The van der Waals surface area contributed by atoms with Crippen LogP contribution < -0.4 is 0 Å². The maximum Gasteiger partial charge on any atom is 0.335 e. The lowest BCUT2D eigenvalue weighted by atomic mass is 9.91. The van der Waals surface area contributed by atoms with Gasteiger partial charge in [-0.2, -0.15) is 0 Å². The van der Waals surface area contributed by atoms with Crippen LogP contribution in [0.4, 0.5) is 0 Å². The molecule has 1 rings (SSSR count). The lowest BCUT2D eigenvalue weighted by molar-refractivity contribution is 0.0694. The molecule has 0 atom stereocenters. The second-order valence-corrected chi connectivity index (χ2v) is 4.22. The van der Waals surface area contributed by atoms with E-state index in [9.17, 15) is 9.59 Å². The Morgan fingerprint density at radius 1 is 1.12 bits per heavy atom. The third-order valence-corrected chi connectivity index (χ3v) is 2.74. The molecule has 0 unspecified atom stereocenters. The lowest BCUT2D eigenvalue weighted by Gasteiger charge is -2.14. The van der Waals surface area contributed by atoms with E-state index >= 15 is 0 Å². The van der Waals surface area contributed by atoms with E-state index in [0.29, 0.717) is 17.5 Å². The van der Waals surface area contributed by atoms with Crippen molar-refractivity contribution in [3.05, 3.63) is 34.4 Å². The fourth-order valence-corrected chi connectivity index (χ4v) is 1.82. The molecule has 0 aliphatic carbocycles. The van der Waals surface area contributed by atoms with Crippen molar-refractivity contribution in [1.82, 2.24) is 0 Å². The Hall–Kier alpha value is -1.84. The highest BCUT2D eigenvalue weighted by atomic mass is 16.4. The van der Waals surface area contributed by atoms with Gasteiger partial charge in [-0.25, -0.2) is 9.59 Å². The normalized spacial score (nSPS) is 10.6. The molecule has 0 aromatic heterocycles. The summed E-state index contributed by atoms with van der Waals surface area (Å²) < 4.78 is 0. The molecule has 2 N–H and O–H groups in total. The number of hydrogen-bond donors (Lipinski definition) is 2. The van der Waals surface area contributed by atoms with Crippen molar-refractivity contribution >= 4 is 11.9 Å². The van der Waals surface area contributed by atoms with Crippen LogP contribution in [0.2, 0.25) is 0 Å². The second-order valence-electron chi connectivity index (χ2n) is 4.22. The Morgan fingerprint density at radius 3 is 2.00 bits per heavy atom. The summed E-state index contributed by atoms with van der Waals surface area (Å²) in [5.41, 5.74) is 1.51. The molecular weight excluding hydrogens is 220 g/mol. The highest BCUT2D eigenvalue weighted by Gasteiger charge is 2.19. The number of aryl methyl sites for hydroxylation is 1. The maximum atomic E-state index is 11.1. The summed E-state index contributed by atoms with van der Waals surface area (Å²) in [6.07, 6.45) is 0.571. The van der Waals surface area contributed by atoms with E-state index in [1.54, 1.807) is 6.07 Å². The number of carbonyl (C=O) groups is 2. The quantitative estimate of drug-likeness (QED) is 0.842. The van der Waals surface area contributed by atoms with E-state index in [1.807, 2.05) is 20.8 Å². The van der Waals surface area contributed by atoms with Crippen molar-refractivity contribution in [2.24, 2.45) is 0 Å². The Balaban J connectivity index is 3.53. The molecule has 0 saturated carbocycles. The predicted octanol–water partition coefficient (Wildman–Crippen LogP) is 2.77. The van der Waals surface area contributed by atoms with E-state index < -0.39 is 11.9 Å². The first-order chi connectivity index (χ1) is 7.88. The van der Waals surface area contributed by atoms with Gasteiger partial charge in [0.1, 0.15) is 0 Å². The summed E-state index contributed by atoms with van der Waals surface area (Å²) >= 11 is 0. The van der Waals surface area contributed by atoms with Crippen LogP contribution in [0.25, 0.3) is 0 Å². The third-order valence-electron chi connectivity index (χ3n) is 2.74. The zero-order valence-electron chi connectivity index (χ0n) is 10.2. The number of carboxylic acid groups (broad SMARTS) is 2. The molecule has 0 aliphatic heterocycles. The van der Waals surface area contributed by atoms with Crippen molar-refractivity contribution in [2.75, 3.05) is 0 Å². The molecule has 0 aliphatic rings. The van der Waals surface area contributed by atoms with Crippen molar-refractivity contribution in [3.8, 4) is 0 Å². The van der Waals surface area contributed by atoms with Crippen LogP contribution in [0, 0.1) is 0 Å². The minimum absolute atomic E-state index is 0.0502. The first-order valence-corrected chi connectivity index (χ1v) is 5.51. The highest BCUT2D eigenvalue weighted by molar-refractivity contribution is 5.96. The Morgan fingerprint density at radius 2 is 1.65 bits per heavy atom. The topological polar surface area (TPSA) is 74.6 Å². The van der Waals surface area contributed by atoms with Crippen LogP contribution >= 0.6 is 0 Å².